The second-order valence-corrected chi connectivity index (χ2v) is 12.5. The van der Waals surface area contributed by atoms with E-state index in [1.165, 1.54) is 65.7 Å². The highest BCUT2D eigenvalue weighted by molar-refractivity contribution is 6.22. The van der Waals surface area contributed by atoms with Gasteiger partial charge in [0.25, 0.3) is 0 Å². The van der Waals surface area contributed by atoms with Gasteiger partial charge in [-0.15, -0.1) is 0 Å². The van der Waals surface area contributed by atoms with Gasteiger partial charge in [-0.05, 0) is 102 Å². The Kier molecular flexibility index (Phi) is 7.22. The topological polar surface area (TPSA) is 3.24 Å². The van der Waals surface area contributed by atoms with Gasteiger partial charge in [0.15, 0.2) is 0 Å². The zero-order chi connectivity index (χ0) is 32.6. The molecule has 9 rings (SSSR count). The Hall–Kier alpha value is -6.44. The first-order valence-electron chi connectivity index (χ1n) is 16.9. The third kappa shape index (κ3) is 5.23. The van der Waals surface area contributed by atoms with Crippen LogP contribution in [0, 0.1) is 0 Å². The molecule has 0 saturated heterocycles. The number of anilines is 3. The predicted octanol–water partition coefficient (Wildman–Crippen LogP) is 13.6. The summed E-state index contributed by atoms with van der Waals surface area (Å²) < 4.78 is 0. The molecule has 0 aliphatic heterocycles. The molecule has 1 nitrogen and oxygen atoms in total. The molecular formula is C48H33N. The fourth-order valence-corrected chi connectivity index (χ4v) is 7.32. The molecule has 49 heavy (non-hydrogen) atoms. The molecule has 0 fully saturated rings. The number of nitrogens with zero attached hydrogens (tertiary/aromatic N) is 1. The SMILES string of the molecule is c1ccc(-c2ccccc2-c2ccc(N(c3ccccc3)c3ccc(-c4cccc5c4ccc4ccc6ccccc6c45)cc3)cc2)cc1. The molecule has 0 bridgehead atoms. The minimum absolute atomic E-state index is 1.11. The summed E-state index contributed by atoms with van der Waals surface area (Å²) in [4.78, 5) is 2.33. The molecule has 9 aromatic carbocycles. The van der Waals surface area contributed by atoms with Gasteiger partial charge in [-0.25, -0.2) is 0 Å². The summed E-state index contributed by atoms with van der Waals surface area (Å²) >= 11 is 0. The van der Waals surface area contributed by atoms with Crippen molar-refractivity contribution in [1.82, 2.24) is 0 Å². The van der Waals surface area contributed by atoms with Crippen LogP contribution in [0.3, 0.4) is 0 Å². The zero-order valence-electron chi connectivity index (χ0n) is 27.0. The molecule has 0 spiro atoms. The Morgan fingerprint density at radius 3 is 1.41 bits per heavy atom. The van der Waals surface area contributed by atoms with Gasteiger partial charge in [0.2, 0.25) is 0 Å². The lowest BCUT2D eigenvalue weighted by molar-refractivity contribution is 1.28. The van der Waals surface area contributed by atoms with Gasteiger partial charge in [0, 0.05) is 17.1 Å². The van der Waals surface area contributed by atoms with E-state index in [9.17, 15) is 0 Å². The zero-order valence-corrected chi connectivity index (χ0v) is 27.0. The van der Waals surface area contributed by atoms with Crippen molar-refractivity contribution in [3.05, 3.63) is 200 Å². The van der Waals surface area contributed by atoms with E-state index < -0.39 is 0 Å². The van der Waals surface area contributed by atoms with Crippen molar-refractivity contribution in [3.8, 4) is 33.4 Å². The molecule has 0 radical (unpaired) electrons. The Morgan fingerprint density at radius 2 is 0.714 bits per heavy atom. The molecule has 0 aromatic heterocycles. The second kappa shape index (κ2) is 12.3. The van der Waals surface area contributed by atoms with Crippen LogP contribution in [0.2, 0.25) is 0 Å². The maximum atomic E-state index is 2.33. The second-order valence-electron chi connectivity index (χ2n) is 12.5. The van der Waals surface area contributed by atoms with Gasteiger partial charge in [0.1, 0.15) is 0 Å². The number of hydrogen-bond acceptors (Lipinski definition) is 1. The highest BCUT2D eigenvalue weighted by atomic mass is 15.1. The molecule has 0 amide bonds. The molecule has 0 aliphatic carbocycles. The van der Waals surface area contributed by atoms with E-state index >= 15 is 0 Å². The number of fused-ring (bicyclic) bond motifs is 5. The van der Waals surface area contributed by atoms with E-state index in [0.717, 1.165) is 17.1 Å². The summed E-state index contributed by atoms with van der Waals surface area (Å²) in [5.74, 6) is 0. The first-order chi connectivity index (χ1) is 24.3. The fraction of sp³-hybridized carbons (Fsp3) is 0. The van der Waals surface area contributed by atoms with Gasteiger partial charge in [-0.1, -0.05) is 164 Å². The van der Waals surface area contributed by atoms with Gasteiger partial charge in [0.05, 0.1) is 0 Å². The standard InChI is InChI=1S/C48H33N/c1-3-12-34(13-4-1)42-17-9-10-18-43(42)36-24-29-40(30-25-36)49(39-15-5-2-6-16-39)41-31-26-37(27-32-41)44-20-11-21-47-46(44)33-28-38-23-22-35-14-7-8-19-45(35)48(38)47/h1-33H. The van der Waals surface area contributed by atoms with Crippen LogP contribution in [0.1, 0.15) is 0 Å². The van der Waals surface area contributed by atoms with E-state index in [1.807, 2.05) is 0 Å². The van der Waals surface area contributed by atoms with Crippen LogP contribution < -0.4 is 4.90 Å². The molecular weight excluding hydrogens is 591 g/mol. The van der Waals surface area contributed by atoms with Crippen LogP contribution in [-0.2, 0) is 0 Å². The van der Waals surface area contributed by atoms with Crippen LogP contribution in [0.15, 0.2) is 200 Å². The van der Waals surface area contributed by atoms with Crippen LogP contribution in [-0.4, -0.2) is 0 Å². The van der Waals surface area contributed by atoms with Crippen molar-refractivity contribution in [1.29, 1.82) is 0 Å². The first-order valence-corrected chi connectivity index (χ1v) is 16.9. The Bertz CT molecular complexity index is 2570. The van der Waals surface area contributed by atoms with Crippen LogP contribution in [0.4, 0.5) is 17.1 Å². The average Bonchev–Trinajstić information content (AvgIpc) is 3.19. The van der Waals surface area contributed by atoms with Crippen molar-refractivity contribution in [3.63, 3.8) is 0 Å². The summed E-state index contributed by atoms with van der Waals surface area (Å²) in [5.41, 5.74) is 10.7. The summed E-state index contributed by atoms with van der Waals surface area (Å²) in [7, 11) is 0. The lowest BCUT2D eigenvalue weighted by Crippen LogP contribution is -2.09. The first kappa shape index (κ1) is 28.8. The molecule has 1 heteroatoms. The van der Waals surface area contributed by atoms with Crippen molar-refractivity contribution >= 4 is 49.4 Å². The number of benzene rings is 9. The van der Waals surface area contributed by atoms with Crippen molar-refractivity contribution < 1.29 is 0 Å². The summed E-state index contributed by atoms with van der Waals surface area (Å²) in [6.45, 7) is 0. The van der Waals surface area contributed by atoms with E-state index in [0.29, 0.717) is 0 Å². The number of rotatable bonds is 6. The number of hydrogen-bond donors (Lipinski definition) is 0. The Morgan fingerprint density at radius 1 is 0.245 bits per heavy atom. The minimum Gasteiger partial charge on any atom is -0.311 e. The van der Waals surface area contributed by atoms with Gasteiger partial charge >= 0.3 is 0 Å². The Balaban J connectivity index is 1.11. The minimum atomic E-state index is 1.11. The lowest BCUT2D eigenvalue weighted by atomic mass is 9.92. The Labute approximate surface area is 287 Å². The average molecular weight is 624 g/mol. The third-order valence-corrected chi connectivity index (χ3v) is 9.67. The van der Waals surface area contributed by atoms with E-state index in [4.69, 9.17) is 0 Å². The quantitative estimate of drug-likeness (QED) is 0.167. The van der Waals surface area contributed by atoms with Gasteiger partial charge in [-0.3, -0.25) is 0 Å². The van der Waals surface area contributed by atoms with E-state index in [2.05, 4.69) is 205 Å². The van der Waals surface area contributed by atoms with Crippen LogP contribution in [0.25, 0.3) is 65.7 Å². The van der Waals surface area contributed by atoms with Crippen molar-refractivity contribution in [2.45, 2.75) is 0 Å². The third-order valence-electron chi connectivity index (χ3n) is 9.67. The molecule has 0 aliphatic rings. The maximum Gasteiger partial charge on any atom is 0.0462 e. The summed E-state index contributed by atoms with van der Waals surface area (Å²) in [6, 6.07) is 72.3. The predicted molar refractivity (Wildman–Crippen MR) is 210 cm³/mol. The highest BCUT2D eigenvalue weighted by Crippen LogP contribution is 2.40. The van der Waals surface area contributed by atoms with E-state index in [1.54, 1.807) is 0 Å². The van der Waals surface area contributed by atoms with Crippen molar-refractivity contribution in [2.24, 2.45) is 0 Å². The monoisotopic (exact) mass is 623 g/mol. The molecule has 0 unspecified atom stereocenters. The summed E-state index contributed by atoms with van der Waals surface area (Å²) in [5, 5.41) is 7.71. The number of para-hydroxylation sites is 1. The molecule has 0 N–H and O–H groups in total. The smallest absolute Gasteiger partial charge is 0.0462 e. The maximum absolute atomic E-state index is 2.33. The van der Waals surface area contributed by atoms with Crippen LogP contribution in [0.5, 0.6) is 0 Å². The molecule has 230 valence electrons. The van der Waals surface area contributed by atoms with Gasteiger partial charge in [-0.2, -0.15) is 0 Å². The largest absolute Gasteiger partial charge is 0.311 e. The molecule has 0 atom stereocenters. The van der Waals surface area contributed by atoms with Gasteiger partial charge < -0.3 is 4.90 Å². The lowest BCUT2D eigenvalue weighted by Gasteiger charge is -2.26. The molecule has 9 aromatic rings. The normalized spacial score (nSPS) is 11.3. The van der Waals surface area contributed by atoms with E-state index in [-0.39, 0.29) is 0 Å². The highest BCUT2D eigenvalue weighted by Gasteiger charge is 2.15. The van der Waals surface area contributed by atoms with Crippen molar-refractivity contribution in [2.75, 3.05) is 4.90 Å². The fourth-order valence-electron chi connectivity index (χ4n) is 7.32. The van der Waals surface area contributed by atoms with Crippen LogP contribution >= 0.6 is 0 Å². The molecule has 0 heterocycles. The summed E-state index contributed by atoms with van der Waals surface area (Å²) in [6.07, 6.45) is 0. The molecule has 0 saturated carbocycles.